The molecule has 1 aromatic rings. The molecule has 14 heavy (non-hydrogen) atoms. The summed E-state index contributed by atoms with van der Waals surface area (Å²) in [5.41, 5.74) is 1.43. The average molecular weight is 191 g/mol. The van der Waals surface area contributed by atoms with E-state index in [1.165, 1.54) is 38.0 Å². The third-order valence-electron chi connectivity index (χ3n) is 3.84. The molecule has 3 fully saturated rings. The summed E-state index contributed by atoms with van der Waals surface area (Å²) in [4.78, 5) is 2.59. The number of hydrogen-bond acceptors (Lipinski definition) is 2. The molecule has 1 unspecified atom stereocenters. The molecule has 0 aliphatic carbocycles. The van der Waals surface area contributed by atoms with Crippen molar-refractivity contribution in [2.45, 2.75) is 25.7 Å². The lowest BCUT2D eigenvalue weighted by Crippen LogP contribution is -2.46. The Hall–Kier alpha value is -0.760. The van der Waals surface area contributed by atoms with Gasteiger partial charge in [0.1, 0.15) is 5.76 Å². The van der Waals surface area contributed by atoms with Crippen LogP contribution in [0.2, 0.25) is 0 Å². The Labute approximate surface area is 84.9 Å². The van der Waals surface area contributed by atoms with Gasteiger partial charge < -0.3 is 9.32 Å². The molecule has 0 spiro atoms. The Morgan fingerprint density at radius 2 is 2.14 bits per heavy atom. The van der Waals surface area contributed by atoms with Gasteiger partial charge in [-0.2, -0.15) is 0 Å². The summed E-state index contributed by atoms with van der Waals surface area (Å²) in [7, 11) is 0. The normalized spacial score (nSPS) is 36.2. The van der Waals surface area contributed by atoms with Gasteiger partial charge >= 0.3 is 0 Å². The second-order valence-corrected chi connectivity index (χ2v) is 4.74. The van der Waals surface area contributed by atoms with E-state index in [1.807, 2.05) is 13.2 Å². The van der Waals surface area contributed by atoms with Crippen molar-refractivity contribution in [3.05, 3.63) is 23.7 Å². The minimum atomic E-state index is 0.745. The fourth-order valence-electron chi connectivity index (χ4n) is 3.00. The van der Waals surface area contributed by atoms with Crippen LogP contribution in [-0.2, 0) is 0 Å². The van der Waals surface area contributed by atoms with Gasteiger partial charge in [-0.3, -0.25) is 0 Å². The fraction of sp³-hybridized carbons (Fsp3) is 0.667. The predicted octanol–water partition coefficient (Wildman–Crippen LogP) is 2.40. The van der Waals surface area contributed by atoms with E-state index in [0.717, 1.165) is 17.6 Å². The minimum Gasteiger partial charge on any atom is -0.469 e. The van der Waals surface area contributed by atoms with Crippen LogP contribution in [0.5, 0.6) is 0 Å². The summed E-state index contributed by atoms with van der Waals surface area (Å²) >= 11 is 0. The largest absolute Gasteiger partial charge is 0.469 e. The molecule has 76 valence electrons. The lowest BCUT2D eigenvalue weighted by atomic mass is 9.76. The van der Waals surface area contributed by atoms with Crippen molar-refractivity contribution in [2.75, 3.05) is 19.6 Å². The topological polar surface area (TPSA) is 16.4 Å². The zero-order valence-electron chi connectivity index (χ0n) is 8.70. The van der Waals surface area contributed by atoms with Crippen LogP contribution in [0.4, 0.5) is 0 Å². The molecular weight excluding hydrogens is 174 g/mol. The van der Waals surface area contributed by atoms with Gasteiger partial charge in [-0.1, -0.05) is 0 Å². The standard InChI is InChI=1S/C12H17NO/c1-9-6-11(8-14-9)12-7-13-4-2-10(12)3-5-13/h6,8,10,12H,2-5,7H2,1H3. The lowest BCUT2D eigenvalue weighted by molar-refractivity contribution is 0.0868. The van der Waals surface area contributed by atoms with Crippen molar-refractivity contribution < 1.29 is 4.42 Å². The van der Waals surface area contributed by atoms with Crippen LogP contribution in [0.15, 0.2) is 16.7 Å². The van der Waals surface area contributed by atoms with E-state index in [0.29, 0.717) is 0 Å². The van der Waals surface area contributed by atoms with Crippen molar-refractivity contribution in [3.63, 3.8) is 0 Å². The molecule has 0 radical (unpaired) electrons. The Balaban J connectivity index is 1.85. The first-order chi connectivity index (χ1) is 6.83. The number of hydrogen-bond donors (Lipinski definition) is 0. The summed E-state index contributed by atoms with van der Waals surface area (Å²) in [6.07, 6.45) is 4.73. The van der Waals surface area contributed by atoms with Crippen LogP contribution in [0.3, 0.4) is 0 Å². The van der Waals surface area contributed by atoms with E-state index in [1.54, 1.807) is 0 Å². The molecular formula is C12H17NO. The second-order valence-electron chi connectivity index (χ2n) is 4.74. The first kappa shape index (κ1) is 8.54. The maximum atomic E-state index is 5.41. The van der Waals surface area contributed by atoms with Crippen molar-refractivity contribution in [1.82, 2.24) is 4.90 Å². The highest BCUT2D eigenvalue weighted by Gasteiger charge is 2.35. The van der Waals surface area contributed by atoms with Crippen molar-refractivity contribution in [2.24, 2.45) is 5.92 Å². The number of furan rings is 1. The zero-order valence-corrected chi connectivity index (χ0v) is 8.70. The van der Waals surface area contributed by atoms with Crippen LogP contribution in [0, 0.1) is 12.8 Å². The van der Waals surface area contributed by atoms with Crippen LogP contribution in [-0.4, -0.2) is 24.5 Å². The van der Waals surface area contributed by atoms with E-state index in [2.05, 4.69) is 11.0 Å². The van der Waals surface area contributed by atoms with Crippen LogP contribution < -0.4 is 0 Å². The van der Waals surface area contributed by atoms with Gasteiger partial charge in [0.05, 0.1) is 6.26 Å². The first-order valence-electron chi connectivity index (χ1n) is 5.60. The van der Waals surface area contributed by atoms with E-state index in [-0.39, 0.29) is 0 Å². The number of nitrogens with zero attached hydrogens (tertiary/aromatic N) is 1. The number of fused-ring (bicyclic) bond motifs is 3. The third kappa shape index (κ3) is 1.29. The Kier molecular flexibility index (Phi) is 1.91. The second kappa shape index (κ2) is 3.13. The third-order valence-corrected chi connectivity index (χ3v) is 3.84. The average Bonchev–Trinajstić information content (AvgIpc) is 2.66. The van der Waals surface area contributed by atoms with Crippen LogP contribution in [0.1, 0.15) is 30.1 Å². The molecule has 0 saturated carbocycles. The molecule has 4 heterocycles. The fourth-order valence-corrected chi connectivity index (χ4v) is 3.00. The lowest BCUT2D eigenvalue weighted by Gasteiger charge is -2.44. The quantitative estimate of drug-likeness (QED) is 0.677. The summed E-state index contributed by atoms with van der Waals surface area (Å²) in [5, 5.41) is 0. The Morgan fingerprint density at radius 3 is 2.64 bits per heavy atom. The highest BCUT2D eigenvalue weighted by molar-refractivity contribution is 5.20. The molecule has 2 bridgehead atoms. The Bertz CT molecular complexity index is 323. The molecule has 1 atom stereocenters. The molecule has 2 heteroatoms. The van der Waals surface area contributed by atoms with Gasteiger partial charge in [-0.15, -0.1) is 0 Å². The molecule has 0 aromatic carbocycles. The molecule has 0 N–H and O–H groups in total. The summed E-state index contributed by atoms with van der Waals surface area (Å²) in [6, 6.07) is 2.21. The molecule has 1 aromatic heterocycles. The van der Waals surface area contributed by atoms with Gasteiger partial charge in [-0.05, 0) is 50.4 Å². The molecule has 3 aliphatic rings. The molecule has 3 saturated heterocycles. The van der Waals surface area contributed by atoms with Crippen molar-refractivity contribution in [1.29, 1.82) is 0 Å². The highest BCUT2D eigenvalue weighted by Crippen LogP contribution is 2.39. The molecule has 4 rings (SSSR count). The number of rotatable bonds is 1. The summed E-state index contributed by atoms with van der Waals surface area (Å²) in [6.45, 7) is 5.92. The van der Waals surface area contributed by atoms with Crippen molar-refractivity contribution >= 4 is 0 Å². The van der Waals surface area contributed by atoms with Crippen LogP contribution >= 0.6 is 0 Å². The van der Waals surface area contributed by atoms with Gasteiger partial charge in [-0.25, -0.2) is 0 Å². The molecule has 2 nitrogen and oxygen atoms in total. The van der Waals surface area contributed by atoms with Gasteiger partial charge in [0.15, 0.2) is 0 Å². The maximum Gasteiger partial charge on any atom is 0.100 e. The zero-order chi connectivity index (χ0) is 9.54. The van der Waals surface area contributed by atoms with Gasteiger partial charge in [0, 0.05) is 12.5 Å². The summed E-state index contributed by atoms with van der Waals surface area (Å²) in [5.74, 6) is 2.71. The maximum absolute atomic E-state index is 5.41. The summed E-state index contributed by atoms with van der Waals surface area (Å²) < 4.78 is 5.41. The van der Waals surface area contributed by atoms with Crippen molar-refractivity contribution in [3.8, 4) is 0 Å². The smallest absolute Gasteiger partial charge is 0.100 e. The number of aryl methyl sites for hydroxylation is 1. The van der Waals surface area contributed by atoms with Crippen LogP contribution in [0.25, 0.3) is 0 Å². The first-order valence-corrected chi connectivity index (χ1v) is 5.60. The van der Waals surface area contributed by atoms with E-state index < -0.39 is 0 Å². The van der Waals surface area contributed by atoms with E-state index in [4.69, 9.17) is 4.42 Å². The highest BCUT2D eigenvalue weighted by atomic mass is 16.3. The SMILES string of the molecule is Cc1cc(C2CN3CCC2CC3)co1. The molecule has 3 aliphatic heterocycles. The molecule has 0 amide bonds. The van der Waals surface area contributed by atoms with Gasteiger partial charge in [0.25, 0.3) is 0 Å². The minimum absolute atomic E-state index is 0.745. The Morgan fingerprint density at radius 1 is 1.36 bits per heavy atom. The van der Waals surface area contributed by atoms with E-state index in [9.17, 15) is 0 Å². The van der Waals surface area contributed by atoms with Gasteiger partial charge in [0.2, 0.25) is 0 Å². The monoisotopic (exact) mass is 191 g/mol. The number of piperidine rings is 3. The van der Waals surface area contributed by atoms with E-state index >= 15 is 0 Å². The predicted molar refractivity (Wildman–Crippen MR) is 55.4 cm³/mol.